The number of anilines is 1. The van der Waals surface area contributed by atoms with E-state index < -0.39 is 0 Å². The molecule has 1 N–H and O–H groups in total. The van der Waals surface area contributed by atoms with Crippen LogP contribution in [0.1, 0.15) is 30.2 Å². The van der Waals surface area contributed by atoms with E-state index in [-0.39, 0.29) is 24.8 Å². The Labute approximate surface area is 190 Å². The number of imidazole rings is 1. The summed E-state index contributed by atoms with van der Waals surface area (Å²) in [4.78, 5) is 28.0. The van der Waals surface area contributed by atoms with Gasteiger partial charge in [0.2, 0.25) is 0 Å². The van der Waals surface area contributed by atoms with E-state index in [1.807, 2.05) is 32.5 Å². The third-order valence-corrected chi connectivity index (χ3v) is 4.13. The summed E-state index contributed by atoms with van der Waals surface area (Å²) in [6, 6.07) is 7.09. The molecule has 0 saturated heterocycles. The Morgan fingerprint density at radius 2 is 2.14 bits per heavy atom. The van der Waals surface area contributed by atoms with Gasteiger partial charge < -0.3 is 32.9 Å². The fraction of sp³-hybridized carbons (Fsp3) is 0.286. The minimum Gasteiger partial charge on any atom is -0.419 e. The first kappa shape index (κ1) is 27.0. The summed E-state index contributed by atoms with van der Waals surface area (Å²) in [5.41, 5.74) is 1.04. The summed E-state index contributed by atoms with van der Waals surface area (Å²) in [5, 5.41) is 3.26. The molecule has 2 aromatic rings. The molecule has 29 heavy (non-hydrogen) atoms. The monoisotopic (exact) mass is 408 g/mol. The summed E-state index contributed by atoms with van der Waals surface area (Å²) < 4.78 is 1.74. The number of hydrogen-bond acceptors (Lipinski definition) is 4. The first-order chi connectivity index (χ1) is 13.4. The van der Waals surface area contributed by atoms with Crippen molar-refractivity contribution in [3.63, 3.8) is 0 Å². The number of para-hydroxylation sites is 1. The fourth-order valence-electron chi connectivity index (χ4n) is 2.14. The quantitative estimate of drug-likeness (QED) is 0.398. The van der Waals surface area contributed by atoms with Crippen LogP contribution in [-0.4, -0.2) is 46.8 Å². The Hall–Kier alpha value is -1.97. The van der Waals surface area contributed by atoms with Crippen molar-refractivity contribution in [2.45, 2.75) is 20.4 Å². The summed E-state index contributed by atoms with van der Waals surface area (Å²) >= 11 is 6.01. The molecule has 2 rings (SSSR count). The van der Waals surface area contributed by atoms with Gasteiger partial charge in [-0.15, -0.1) is 6.54 Å². The number of carbonyl (C=O) groups excluding carboxylic acids is 2. The number of aromatic nitrogens is 2. The normalized spacial score (nSPS) is 10.2. The van der Waals surface area contributed by atoms with Crippen LogP contribution in [0.2, 0.25) is 5.02 Å². The van der Waals surface area contributed by atoms with Gasteiger partial charge in [-0.2, -0.15) is 13.0 Å². The van der Waals surface area contributed by atoms with Crippen molar-refractivity contribution in [1.82, 2.24) is 14.5 Å². The predicted molar refractivity (Wildman–Crippen MR) is 114 cm³/mol. The van der Waals surface area contributed by atoms with Crippen molar-refractivity contribution in [2.75, 3.05) is 25.5 Å². The number of rotatable bonds is 8. The molecule has 0 radical (unpaired) electrons. The second-order valence-corrected chi connectivity index (χ2v) is 6.29. The molecule has 0 spiro atoms. The van der Waals surface area contributed by atoms with Crippen LogP contribution in [0.4, 0.5) is 5.69 Å². The minimum absolute atomic E-state index is 0. The standard InChI is InChI=1S/C14H14ClN3O.C7H12NO.Li/c1-3-8-18-10(2)16-9-13(18)14(19)17-12-7-5-4-6-11(12)15;1-3-8(2)6-4-5-7-9;/h3-7,9H,2,8H2,1H3,(H,17,19);4-5H,3,6H2,1-2H3;/q-2;-1;+1/b;5-4+;. The smallest absolute Gasteiger partial charge is 0.419 e. The Morgan fingerprint density at radius 1 is 1.45 bits per heavy atom. The summed E-state index contributed by atoms with van der Waals surface area (Å²) in [6.07, 6.45) is 8.32. The van der Waals surface area contributed by atoms with Crippen molar-refractivity contribution >= 4 is 29.5 Å². The van der Waals surface area contributed by atoms with Crippen LogP contribution in [-0.2, 0) is 11.3 Å². The molecule has 8 heteroatoms. The van der Waals surface area contributed by atoms with E-state index in [0.29, 0.717) is 28.8 Å². The van der Waals surface area contributed by atoms with Crippen molar-refractivity contribution in [2.24, 2.45) is 0 Å². The molecule has 1 amide bonds. The first-order valence-corrected chi connectivity index (χ1v) is 9.24. The Bertz CT molecular complexity index is 793. The molecule has 0 fully saturated rings. The van der Waals surface area contributed by atoms with E-state index >= 15 is 0 Å². The van der Waals surface area contributed by atoms with Gasteiger partial charge in [0.15, 0.2) is 0 Å². The maximum absolute atomic E-state index is 12.2. The van der Waals surface area contributed by atoms with Gasteiger partial charge in [-0.1, -0.05) is 30.7 Å². The fourth-order valence-corrected chi connectivity index (χ4v) is 2.32. The number of nitrogens with zero attached hydrogens (tertiary/aromatic N) is 3. The van der Waals surface area contributed by atoms with E-state index in [1.54, 1.807) is 29.1 Å². The van der Waals surface area contributed by atoms with Gasteiger partial charge in [0.05, 0.1) is 16.9 Å². The van der Waals surface area contributed by atoms with Gasteiger partial charge in [-0.05, 0) is 44.4 Å². The molecule has 0 aliphatic rings. The SMILES string of the molecule is CCN(C)C/C=C/[C-]=O.[CH2-]c1ncc(C(=O)Nc2ccccc2Cl)n1C[CH-]C.[Li+]. The Balaban J connectivity index is 0.000000672. The van der Waals surface area contributed by atoms with Crippen LogP contribution in [0.15, 0.2) is 42.6 Å². The van der Waals surface area contributed by atoms with Gasteiger partial charge in [-0.3, -0.25) is 9.78 Å². The summed E-state index contributed by atoms with van der Waals surface area (Å²) in [5.74, 6) is 0.305. The molecule has 0 saturated carbocycles. The van der Waals surface area contributed by atoms with Gasteiger partial charge in [0.1, 0.15) is 5.69 Å². The van der Waals surface area contributed by atoms with Gasteiger partial charge in [0.25, 0.3) is 5.91 Å². The first-order valence-electron chi connectivity index (χ1n) is 8.86. The number of benzene rings is 1. The van der Waals surface area contributed by atoms with Crippen LogP contribution in [0.5, 0.6) is 0 Å². The molecular weight excluding hydrogens is 383 g/mol. The number of hydrogen-bond donors (Lipinski definition) is 1. The number of carbonyl (C=O) groups is 1. The zero-order chi connectivity index (χ0) is 20.9. The summed E-state index contributed by atoms with van der Waals surface area (Å²) in [6.45, 7) is 10.2. The van der Waals surface area contributed by atoms with Crippen LogP contribution < -0.4 is 24.2 Å². The zero-order valence-electron chi connectivity index (χ0n) is 17.5. The van der Waals surface area contributed by atoms with E-state index in [2.05, 4.69) is 29.0 Å². The Morgan fingerprint density at radius 3 is 2.72 bits per heavy atom. The predicted octanol–water partition coefficient (Wildman–Crippen LogP) is 0.803. The Kier molecular flexibility index (Phi) is 13.9. The molecule has 0 unspecified atom stereocenters. The van der Waals surface area contributed by atoms with Gasteiger partial charge in [0, 0.05) is 0 Å². The average molecular weight is 409 g/mol. The summed E-state index contributed by atoms with van der Waals surface area (Å²) in [7, 11) is 2.00. The largest absolute Gasteiger partial charge is 1.00 e. The third kappa shape index (κ3) is 9.38. The van der Waals surface area contributed by atoms with E-state index in [1.165, 1.54) is 12.3 Å². The number of amides is 1. The zero-order valence-corrected chi connectivity index (χ0v) is 18.2. The molecule has 1 aromatic heterocycles. The number of nitrogens with one attached hydrogen (secondary N) is 1. The molecule has 0 atom stereocenters. The maximum atomic E-state index is 12.2. The molecule has 0 aliphatic heterocycles. The topological polar surface area (TPSA) is 67.2 Å². The molecule has 0 bridgehead atoms. The second kappa shape index (κ2) is 14.9. The van der Waals surface area contributed by atoms with Crippen LogP contribution in [0.25, 0.3) is 0 Å². The molecule has 6 nitrogen and oxygen atoms in total. The maximum Gasteiger partial charge on any atom is 1.00 e. The van der Waals surface area contributed by atoms with Crippen molar-refractivity contribution in [1.29, 1.82) is 0 Å². The van der Waals surface area contributed by atoms with Crippen LogP contribution in [0, 0.1) is 13.3 Å². The van der Waals surface area contributed by atoms with Crippen molar-refractivity contribution in [3.8, 4) is 0 Å². The average Bonchev–Trinajstić information content (AvgIpc) is 3.05. The molecular formula is C21H26ClLiN4O2-2. The molecule has 152 valence electrons. The molecule has 0 aliphatic carbocycles. The van der Waals surface area contributed by atoms with Gasteiger partial charge >= 0.3 is 18.9 Å². The van der Waals surface area contributed by atoms with Crippen LogP contribution >= 0.6 is 11.6 Å². The molecule has 1 heterocycles. The number of halogens is 1. The number of allylic oxidation sites excluding steroid dienone is 1. The second-order valence-electron chi connectivity index (χ2n) is 5.89. The van der Waals surface area contributed by atoms with Crippen molar-refractivity contribution < 1.29 is 28.4 Å². The van der Waals surface area contributed by atoms with Crippen LogP contribution in [0.3, 0.4) is 0 Å². The van der Waals surface area contributed by atoms with Crippen molar-refractivity contribution in [3.05, 3.63) is 72.5 Å². The number of likely N-dealkylation sites (N-methyl/N-ethyl adjacent to an activating group) is 1. The van der Waals surface area contributed by atoms with Gasteiger partial charge in [-0.25, -0.2) is 6.08 Å². The minimum atomic E-state index is -0.252. The van der Waals surface area contributed by atoms with E-state index in [4.69, 9.17) is 11.6 Å². The molecule has 1 aromatic carbocycles. The van der Waals surface area contributed by atoms with E-state index in [9.17, 15) is 9.59 Å². The third-order valence-electron chi connectivity index (χ3n) is 3.80. The van der Waals surface area contributed by atoms with E-state index in [0.717, 1.165) is 13.1 Å².